The van der Waals surface area contributed by atoms with Crippen molar-refractivity contribution in [3.8, 4) is 11.6 Å². The van der Waals surface area contributed by atoms with E-state index in [1.54, 1.807) is 0 Å². The van der Waals surface area contributed by atoms with Crippen molar-refractivity contribution in [3.63, 3.8) is 0 Å². The van der Waals surface area contributed by atoms with Gasteiger partial charge in [0.2, 0.25) is 5.88 Å². The molecule has 1 aromatic heterocycles. The quantitative estimate of drug-likeness (QED) is 0.668. The zero-order valence-corrected chi connectivity index (χ0v) is 12.4. The first-order valence-electron chi connectivity index (χ1n) is 5.91. The van der Waals surface area contributed by atoms with Gasteiger partial charge < -0.3 is 10.2 Å². The van der Waals surface area contributed by atoms with E-state index in [2.05, 4.69) is 31.3 Å². The lowest BCUT2D eigenvalue weighted by molar-refractivity contribution is 0.455. The van der Waals surface area contributed by atoms with E-state index in [-0.39, 0.29) is 0 Å². The molecule has 6 heteroatoms. The third kappa shape index (κ3) is 3.21. The van der Waals surface area contributed by atoms with Gasteiger partial charge in [-0.1, -0.05) is 22.9 Å². The van der Waals surface area contributed by atoms with Crippen LogP contribution in [0.1, 0.15) is 18.3 Å². The average Bonchev–Trinajstić information content (AvgIpc) is 2.43. The number of benzene rings is 1. The summed E-state index contributed by atoms with van der Waals surface area (Å²) in [5.41, 5.74) is 3.35. The first-order valence-corrected chi connectivity index (χ1v) is 6.71. The molecule has 0 fully saturated rings. The summed E-state index contributed by atoms with van der Waals surface area (Å²) in [7, 11) is 0. The Balaban J connectivity index is 2.35. The van der Waals surface area contributed by atoms with Crippen molar-refractivity contribution in [2.45, 2.75) is 20.3 Å². The summed E-state index contributed by atoms with van der Waals surface area (Å²) in [6.45, 7) is 3.84. The van der Waals surface area contributed by atoms with E-state index in [4.69, 9.17) is 10.6 Å². The fourth-order valence-corrected chi connectivity index (χ4v) is 1.82. The molecular formula is C13H15BrN4O. The van der Waals surface area contributed by atoms with Crippen molar-refractivity contribution in [2.75, 3.05) is 5.43 Å². The number of ether oxygens (including phenoxy) is 1. The van der Waals surface area contributed by atoms with Crippen molar-refractivity contribution >= 4 is 21.7 Å². The van der Waals surface area contributed by atoms with E-state index < -0.39 is 0 Å². The number of rotatable bonds is 4. The van der Waals surface area contributed by atoms with Gasteiger partial charge in [0.1, 0.15) is 17.4 Å². The normalized spacial score (nSPS) is 10.3. The number of nitrogens with two attached hydrogens (primary N) is 1. The van der Waals surface area contributed by atoms with Crippen LogP contribution in [0.25, 0.3) is 0 Å². The van der Waals surface area contributed by atoms with Crippen molar-refractivity contribution < 1.29 is 4.74 Å². The minimum Gasteiger partial charge on any atom is -0.439 e. The monoisotopic (exact) mass is 322 g/mol. The maximum absolute atomic E-state index is 5.78. The molecule has 1 aromatic carbocycles. The number of nitrogen functional groups attached to an aromatic ring is 1. The summed E-state index contributed by atoms with van der Waals surface area (Å²) in [5, 5.41) is 0. The fourth-order valence-electron chi connectivity index (χ4n) is 1.55. The molecule has 1 heterocycles. The predicted octanol–water partition coefficient (Wildman–Crippen LogP) is 3.19. The number of hydrogen-bond donors (Lipinski definition) is 2. The Morgan fingerprint density at radius 1 is 1.26 bits per heavy atom. The summed E-state index contributed by atoms with van der Waals surface area (Å²) in [4.78, 5) is 8.67. The van der Waals surface area contributed by atoms with Gasteiger partial charge in [-0.3, -0.25) is 0 Å². The second-order valence-corrected chi connectivity index (χ2v) is 4.89. The van der Waals surface area contributed by atoms with E-state index >= 15 is 0 Å². The highest BCUT2D eigenvalue weighted by Gasteiger charge is 2.11. The van der Waals surface area contributed by atoms with Crippen molar-refractivity contribution in [3.05, 3.63) is 40.1 Å². The smallest absolute Gasteiger partial charge is 0.227 e. The molecule has 19 heavy (non-hydrogen) atoms. The molecule has 0 atom stereocenters. The van der Waals surface area contributed by atoms with Crippen LogP contribution < -0.4 is 16.0 Å². The molecular weight excluding hydrogens is 308 g/mol. The molecule has 0 aliphatic heterocycles. The second kappa shape index (κ2) is 5.99. The van der Waals surface area contributed by atoms with E-state index in [1.807, 2.05) is 38.1 Å². The van der Waals surface area contributed by atoms with Crippen LogP contribution in [0.5, 0.6) is 11.6 Å². The number of hydrogen-bond acceptors (Lipinski definition) is 5. The Kier molecular flexibility index (Phi) is 4.34. The Bertz CT molecular complexity index is 572. The Morgan fingerprint density at radius 3 is 2.53 bits per heavy atom. The number of nitrogens with one attached hydrogen (secondary N) is 1. The van der Waals surface area contributed by atoms with Crippen molar-refractivity contribution in [2.24, 2.45) is 5.84 Å². The van der Waals surface area contributed by atoms with E-state index in [1.165, 1.54) is 0 Å². The minimum atomic E-state index is 0.516. The molecule has 2 rings (SSSR count). The molecule has 0 saturated carbocycles. The molecule has 5 nitrogen and oxygen atoms in total. The summed E-state index contributed by atoms with van der Waals surface area (Å²) in [6, 6.07) is 7.56. The molecule has 0 bridgehead atoms. The molecule has 0 saturated heterocycles. The highest BCUT2D eigenvalue weighted by atomic mass is 79.9. The molecule has 3 N–H and O–H groups in total. The lowest BCUT2D eigenvalue weighted by Crippen LogP contribution is -2.13. The van der Waals surface area contributed by atoms with Crippen LogP contribution in [0.2, 0.25) is 0 Å². The second-order valence-electron chi connectivity index (χ2n) is 3.97. The summed E-state index contributed by atoms with van der Waals surface area (Å²) in [6.07, 6.45) is 0.714. The van der Waals surface area contributed by atoms with Crippen LogP contribution in [0.15, 0.2) is 28.7 Å². The summed E-state index contributed by atoms with van der Waals surface area (Å²) < 4.78 is 6.78. The molecule has 0 aliphatic rings. The number of anilines is 1. The zero-order chi connectivity index (χ0) is 13.8. The van der Waals surface area contributed by atoms with Gasteiger partial charge in [0.15, 0.2) is 0 Å². The lowest BCUT2D eigenvalue weighted by atomic mass is 10.3. The number of hydrazine groups is 1. The van der Waals surface area contributed by atoms with Gasteiger partial charge in [0.05, 0.1) is 5.56 Å². The highest BCUT2D eigenvalue weighted by molar-refractivity contribution is 9.10. The first kappa shape index (κ1) is 13.8. The number of aryl methyl sites for hydroxylation is 1. The van der Waals surface area contributed by atoms with Crippen LogP contribution in [-0.4, -0.2) is 9.97 Å². The standard InChI is InChI=1S/C13H15BrN4O/c1-3-11-16-12(18-15)8(2)13(17-11)19-10-6-4-9(14)5-7-10/h4-7H,3,15H2,1-2H3,(H,16,17,18). The number of nitrogens with zero attached hydrogens (tertiary/aromatic N) is 2. The largest absolute Gasteiger partial charge is 0.439 e. The zero-order valence-electron chi connectivity index (χ0n) is 10.8. The summed E-state index contributed by atoms with van der Waals surface area (Å²) >= 11 is 3.38. The third-order valence-electron chi connectivity index (χ3n) is 2.63. The van der Waals surface area contributed by atoms with Crippen molar-refractivity contribution in [1.82, 2.24) is 9.97 Å². The number of halogens is 1. The maximum Gasteiger partial charge on any atom is 0.227 e. The van der Waals surface area contributed by atoms with Crippen LogP contribution in [0.3, 0.4) is 0 Å². The average molecular weight is 323 g/mol. The van der Waals surface area contributed by atoms with Crippen LogP contribution >= 0.6 is 15.9 Å². The van der Waals surface area contributed by atoms with Gasteiger partial charge in [-0.05, 0) is 31.2 Å². The van der Waals surface area contributed by atoms with E-state index in [0.29, 0.717) is 23.9 Å². The van der Waals surface area contributed by atoms with Crippen molar-refractivity contribution in [1.29, 1.82) is 0 Å². The first-order chi connectivity index (χ1) is 9.13. The minimum absolute atomic E-state index is 0.516. The molecule has 0 radical (unpaired) electrons. The molecule has 100 valence electrons. The van der Waals surface area contributed by atoms with Gasteiger partial charge in [-0.15, -0.1) is 0 Å². The van der Waals surface area contributed by atoms with Crippen LogP contribution in [0.4, 0.5) is 5.82 Å². The highest BCUT2D eigenvalue weighted by Crippen LogP contribution is 2.27. The van der Waals surface area contributed by atoms with Crippen LogP contribution in [-0.2, 0) is 6.42 Å². The Morgan fingerprint density at radius 2 is 1.95 bits per heavy atom. The fraction of sp³-hybridized carbons (Fsp3) is 0.231. The predicted molar refractivity (Wildman–Crippen MR) is 78.2 cm³/mol. The van der Waals surface area contributed by atoms with Gasteiger partial charge >= 0.3 is 0 Å². The van der Waals surface area contributed by atoms with Crippen LogP contribution in [0, 0.1) is 6.92 Å². The molecule has 0 unspecified atom stereocenters. The summed E-state index contributed by atoms with van der Waals surface area (Å²) in [5.74, 6) is 7.96. The van der Waals surface area contributed by atoms with Gasteiger partial charge in [0, 0.05) is 10.9 Å². The Hall–Kier alpha value is -1.66. The Labute approximate surface area is 120 Å². The SMILES string of the molecule is CCc1nc(NN)c(C)c(Oc2ccc(Br)cc2)n1. The molecule has 2 aromatic rings. The van der Waals surface area contributed by atoms with E-state index in [0.717, 1.165) is 15.8 Å². The third-order valence-corrected chi connectivity index (χ3v) is 3.16. The molecule has 0 spiro atoms. The van der Waals surface area contributed by atoms with Gasteiger partial charge in [-0.25, -0.2) is 10.8 Å². The lowest BCUT2D eigenvalue weighted by Gasteiger charge is -2.12. The van der Waals surface area contributed by atoms with Gasteiger partial charge in [0.25, 0.3) is 0 Å². The van der Waals surface area contributed by atoms with E-state index in [9.17, 15) is 0 Å². The number of aromatic nitrogens is 2. The maximum atomic E-state index is 5.78. The topological polar surface area (TPSA) is 73.1 Å². The van der Waals surface area contributed by atoms with Gasteiger partial charge in [-0.2, -0.15) is 4.98 Å². The molecule has 0 aliphatic carbocycles. The molecule has 0 amide bonds.